The van der Waals surface area contributed by atoms with Gasteiger partial charge in [-0.2, -0.15) is 0 Å². The maximum Gasteiger partial charge on any atom is 0.146 e. The maximum atomic E-state index is 4.25. The molecule has 5 aromatic carbocycles. The molecule has 0 N–H and O–H groups in total. The Hall–Kier alpha value is -4.42. The van der Waals surface area contributed by atoms with Crippen molar-refractivity contribution in [1.29, 1.82) is 0 Å². The molecule has 2 aromatic heterocycles. The second-order valence-corrected chi connectivity index (χ2v) is 12.7. The highest BCUT2D eigenvalue weighted by molar-refractivity contribution is 7.13. The van der Waals surface area contributed by atoms with Crippen LogP contribution >= 0.6 is 22.7 Å². The SMILES string of the molecule is C[N+]1(C)c2cc(-c3ccc(-c4cncs4)cc3)ccc2-c2c1cc(-c1ccc(-c3cncs3)cc1)c1ccccc21. The van der Waals surface area contributed by atoms with Crippen LogP contribution in [0, 0.1) is 0 Å². The Morgan fingerprint density at radius 2 is 1.07 bits per heavy atom. The van der Waals surface area contributed by atoms with Gasteiger partial charge in [-0.3, -0.25) is 14.5 Å². The quantitative estimate of drug-likeness (QED) is 0.199. The van der Waals surface area contributed by atoms with Gasteiger partial charge in [0.25, 0.3) is 0 Å². The fourth-order valence-electron chi connectivity index (χ4n) is 6.20. The fourth-order valence-corrected chi connectivity index (χ4v) is 7.45. The van der Waals surface area contributed by atoms with Crippen LogP contribution in [-0.2, 0) is 0 Å². The standard InChI is InChI=1S/C36H26N3S2/c1-39(2)32-17-27(23-7-11-25(12-8-23)34-19-37-21-40-34)15-16-30(32)36-29-6-4-3-5-28(29)31(18-33(36)39)24-9-13-26(14-10-24)35-20-38-22-41-35/h3-22H,1-2H3/q+1. The minimum absolute atomic E-state index is 0.703. The summed E-state index contributed by atoms with van der Waals surface area (Å²) < 4.78 is 0.703. The van der Waals surface area contributed by atoms with Crippen molar-refractivity contribution in [1.82, 2.24) is 14.5 Å². The van der Waals surface area contributed by atoms with Gasteiger partial charge in [0.1, 0.15) is 11.4 Å². The number of quaternary nitrogens is 1. The van der Waals surface area contributed by atoms with Gasteiger partial charge < -0.3 is 0 Å². The lowest BCUT2D eigenvalue weighted by Crippen LogP contribution is -2.32. The Morgan fingerprint density at radius 1 is 0.512 bits per heavy atom. The van der Waals surface area contributed by atoms with Crippen LogP contribution in [0.5, 0.6) is 0 Å². The van der Waals surface area contributed by atoms with Crippen molar-refractivity contribution in [3.05, 3.63) is 120 Å². The Morgan fingerprint density at radius 3 is 1.68 bits per heavy atom. The first-order valence-corrected chi connectivity index (χ1v) is 15.4. The molecule has 3 heterocycles. The number of hydrogen-bond acceptors (Lipinski definition) is 4. The second-order valence-electron chi connectivity index (χ2n) is 10.9. The third-order valence-electron chi connectivity index (χ3n) is 8.34. The van der Waals surface area contributed by atoms with Crippen molar-refractivity contribution < 1.29 is 0 Å². The summed E-state index contributed by atoms with van der Waals surface area (Å²) in [6, 6.07) is 36.0. The van der Waals surface area contributed by atoms with Crippen molar-refractivity contribution in [3.63, 3.8) is 0 Å². The predicted molar refractivity (Wildman–Crippen MR) is 176 cm³/mol. The van der Waals surface area contributed by atoms with Crippen LogP contribution in [0.15, 0.2) is 120 Å². The molecule has 3 nitrogen and oxygen atoms in total. The lowest BCUT2D eigenvalue weighted by Gasteiger charge is -2.26. The second kappa shape index (κ2) is 9.32. The number of benzene rings is 5. The molecule has 0 atom stereocenters. The number of hydrogen-bond donors (Lipinski definition) is 0. The summed E-state index contributed by atoms with van der Waals surface area (Å²) in [5, 5.41) is 2.59. The molecular weight excluding hydrogens is 539 g/mol. The molecule has 1 aliphatic rings. The molecule has 41 heavy (non-hydrogen) atoms. The van der Waals surface area contributed by atoms with Crippen LogP contribution in [0.1, 0.15) is 0 Å². The topological polar surface area (TPSA) is 25.8 Å². The molecule has 7 aromatic rings. The third kappa shape index (κ3) is 3.89. The van der Waals surface area contributed by atoms with Crippen molar-refractivity contribution in [3.8, 4) is 54.3 Å². The monoisotopic (exact) mass is 564 g/mol. The van der Waals surface area contributed by atoms with E-state index in [0.717, 1.165) is 0 Å². The zero-order valence-electron chi connectivity index (χ0n) is 22.7. The third-order valence-corrected chi connectivity index (χ3v) is 9.99. The van der Waals surface area contributed by atoms with Gasteiger partial charge in [-0.05, 0) is 50.2 Å². The summed E-state index contributed by atoms with van der Waals surface area (Å²) in [5.41, 5.74) is 16.5. The van der Waals surface area contributed by atoms with Gasteiger partial charge in [-0.25, -0.2) is 0 Å². The minimum atomic E-state index is 0.703. The Balaban J connectivity index is 1.24. The van der Waals surface area contributed by atoms with E-state index in [2.05, 4.69) is 121 Å². The molecule has 1 aliphatic heterocycles. The number of nitrogens with zero attached hydrogens (tertiary/aromatic N) is 3. The number of fused-ring (bicyclic) bond motifs is 5. The zero-order chi connectivity index (χ0) is 27.6. The van der Waals surface area contributed by atoms with E-state index >= 15 is 0 Å². The van der Waals surface area contributed by atoms with Gasteiger partial charge in [-0.15, -0.1) is 22.7 Å². The Labute approximate surface area is 247 Å². The summed E-state index contributed by atoms with van der Waals surface area (Å²) in [6.45, 7) is 0. The first-order valence-electron chi connectivity index (χ1n) is 13.6. The van der Waals surface area contributed by atoms with Crippen LogP contribution in [0.25, 0.3) is 65.0 Å². The molecule has 0 radical (unpaired) electrons. The van der Waals surface area contributed by atoms with E-state index in [4.69, 9.17) is 0 Å². The van der Waals surface area contributed by atoms with Crippen molar-refractivity contribution >= 4 is 44.8 Å². The molecular formula is C36H26N3S2+. The van der Waals surface area contributed by atoms with Gasteiger partial charge >= 0.3 is 0 Å². The average molecular weight is 565 g/mol. The molecule has 196 valence electrons. The molecule has 0 fully saturated rings. The first kappa shape index (κ1) is 24.4. The minimum Gasteiger partial charge on any atom is -0.262 e. The van der Waals surface area contributed by atoms with Crippen LogP contribution < -0.4 is 4.48 Å². The van der Waals surface area contributed by atoms with Crippen LogP contribution in [0.3, 0.4) is 0 Å². The molecule has 0 aliphatic carbocycles. The van der Waals surface area contributed by atoms with E-state index in [-0.39, 0.29) is 0 Å². The molecule has 0 unspecified atom stereocenters. The highest BCUT2D eigenvalue weighted by Crippen LogP contribution is 2.56. The molecule has 0 saturated heterocycles. The molecule has 8 rings (SSSR count). The zero-order valence-corrected chi connectivity index (χ0v) is 24.3. The van der Waals surface area contributed by atoms with E-state index in [9.17, 15) is 0 Å². The molecule has 0 amide bonds. The van der Waals surface area contributed by atoms with Crippen molar-refractivity contribution in [2.24, 2.45) is 0 Å². The van der Waals surface area contributed by atoms with Gasteiger partial charge in [-0.1, -0.05) is 78.9 Å². The highest BCUT2D eigenvalue weighted by Gasteiger charge is 2.39. The summed E-state index contributed by atoms with van der Waals surface area (Å²) in [4.78, 5) is 10.9. The largest absolute Gasteiger partial charge is 0.262 e. The van der Waals surface area contributed by atoms with E-state index in [0.29, 0.717) is 4.48 Å². The van der Waals surface area contributed by atoms with E-state index < -0.39 is 0 Å². The Bertz CT molecular complexity index is 2040. The molecule has 0 saturated carbocycles. The lowest BCUT2D eigenvalue weighted by molar-refractivity contribution is 0.569. The predicted octanol–water partition coefficient (Wildman–Crippen LogP) is 10.3. The molecule has 5 heteroatoms. The Kier molecular flexibility index (Phi) is 5.54. The van der Waals surface area contributed by atoms with E-state index in [1.54, 1.807) is 22.7 Å². The van der Waals surface area contributed by atoms with Gasteiger partial charge in [0.2, 0.25) is 0 Å². The van der Waals surface area contributed by atoms with Crippen LogP contribution in [0.2, 0.25) is 0 Å². The fraction of sp³-hybridized carbons (Fsp3) is 0.0556. The summed E-state index contributed by atoms with van der Waals surface area (Å²) >= 11 is 3.34. The van der Waals surface area contributed by atoms with Crippen LogP contribution in [0.4, 0.5) is 11.4 Å². The van der Waals surface area contributed by atoms with Gasteiger partial charge in [0.05, 0.1) is 40.4 Å². The van der Waals surface area contributed by atoms with E-state index in [1.165, 1.54) is 76.4 Å². The van der Waals surface area contributed by atoms with E-state index in [1.807, 2.05) is 23.4 Å². The molecule has 0 spiro atoms. The highest BCUT2D eigenvalue weighted by atomic mass is 32.1. The van der Waals surface area contributed by atoms with Crippen molar-refractivity contribution in [2.45, 2.75) is 0 Å². The maximum absolute atomic E-state index is 4.25. The summed E-state index contributed by atoms with van der Waals surface area (Å²) in [7, 11) is 4.62. The average Bonchev–Trinajstić information content (AvgIpc) is 3.79. The lowest BCUT2D eigenvalue weighted by atomic mass is 9.91. The molecule has 0 bridgehead atoms. The smallest absolute Gasteiger partial charge is 0.146 e. The van der Waals surface area contributed by atoms with Gasteiger partial charge in [0.15, 0.2) is 0 Å². The van der Waals surface area contributed by atoms with Crippen LogP contribution in [-0.4, -0.2) is 24.1 Å². The van der Waals surface area contributed by atoms with Crippen molar-refractivity contribution in [2.75, 3.05) is 14.1 Å². The number of aromatic nitrogens is 2. The summed E-state index contributed by atoms with van der Waals surface area (Å²) in [6.07, 6.45) is 3.87. The summed E-state index contributed by atoms with van der Waals surface area (Å²) in [5.74, 6) is 0. The number of thiazole rings is 2. The first-order chi connectivity index (χ1) is 20.1. The normalized spacial score (nSPS) is 13.3. The number of rotatable bonds is 4. The van der Waals surface area contributed by atoms with Gasteiger partial charge in [0, 0.05) is 30.1 Å².